The number of oxime groups is 1. The standard InChI is InChI=1S/C14H24N4O/c1-11(10-18(2)3)16-13(9-14(15)17-19)12-7-5-4-6-8-12/h4-8,11,13,16,19H,9-10H2,1-3H3,(H2,15,17). The van der Waals surface area contributed by atoms with Gasteiger partial charge >= 0.3 is 0 Å². The zero-order chi connectivity index (χ0) is 14.3. The summed E-state index contributed by atoms with van der Waals surface area (Å²) >= 11 is 0. The SMILES string of the molecule is CC(CN(C)C)NC(C/C(N)=N/O)c1ccccc1. The summed E-state index contributed by atoms with van der Waals surface area (Å²) in [7, 11) is 4.08. The van der Waals surface area contributed by atoms with Crippen LogP contribution < -0.4 is 11.1 Å². The second kappa shape index (κ2) is 7.76. The molecule has 106 valence electrons. The minimum atomic E-state index is 0.0482. The molecule has 5 heteroatoms. The summed E-state index contributed by atoms with van der Waals surface area (Å²) < 4.78 is 0. The summed E-state index contributed by atoms with van der Waals surface area (Å²) in [5.41, 5.74) is 6.78. The minimum absolute atomic E-state index is 0.0482. The Morgan fingerprint density at radius 1 is 1.37 bits per heavy atom. The fraction of sp³-hybridized carbons (Fsp3) is 0.500. The molecule has 2 unspecified atom stereocenters. The lowest BCUT2D eigenvalue weighted by Crippen LogP contribution is -2.39. The zero-order valence-corrected chi connectivity index (χ0v) is 11.9. The molecule has 0 saturated carbocycles. The van der Waals surface area contributed by atoms with Gasteiger partial charge in [-0.3, -0.25) is 0 Å². The summed E-state index contributed by atoms with van der Waals surface area (Å²) in [4.78, 5) is 2.13. The van der Waals surface area contributed by atoms with Crippen LogP contribution >= 0.6 is 0 Å². The molecule has 0 aliphatic heterocycles. The van der Waals surface area contributed by atoms with Crippen molar-refractivity contribution in [3.05, 3.63) is 35.9 Å². The van der Waals surface area contributed by atoms with Gasteiger partial charge in [-0.25, -0.2) is 0 Å². The number of amidine groups is 1. The molecule has 0 fully saturated rings. The Hall–Kier alpha value is -1.59. The van der Waals surface area contributed by atoms with E-state index >= 15 is 0 Å². The normalized spacial score (nSPS) is 15.5. The lowest BCUT2D eigenvalue weighted by atomic mass is 10.0. The Morgan fingerprint density at radius 2 is 2.00 bits per heavy atom. The highest BCUT2D eigenvalue weighted by molar-refractivity contribution is 5.80. The quantitative estimate of drug-likeness (QED) is 0.301. The first-order chi connectivity index (χ1) is 9.02. The fourth-order valence-electron chi connectivity index (χ4n) is 2.15. The molecule has 1 rings (SSSR count). The van der Waals surface area contributed by atoms with E-state index in [2.05, 4.69) is 22.3 Å². The number of benzene rings is 1. The molecule has 0 bridgehead atoms. The number of nitrogens with zero attached hydrogens (tertiary/aromatic N) is 2. The molecule has 1 aromatic rings. The summed E-state index contributed by atoms with van der Waals surface area (Å²) in [6.45, 7) is 3.06. The van der Waals surface area contributed by atoms with Crippen LogP contribution in [0.2, 0.25) is 0 Å². The van der Waals surface area contributed by atoms with Gasteiger partial charge in [0.15, 0.2) is 0 Å². The van der Waals surface area contributed by atoms with Crippen molar-refractivity contribution in [3.8, 4) is 0 Å². The largest absolute Gasteiger partial charge is 0.409 e. The minimum Gasteiger partial charge on any atom is -0.409 e. The summed E-state index contributed by atoms with van der Waals surface area (Å²) in [6, 6.07) is 10.4. The number of rotatable bonds is 7. The third-order valence-electron chi connectivity index (χ3n) is 2.87. The van der Waals surface area contributed by atoms with Gasteiger partial charge in [-0.05, 0) is 26.6 Å². The first-order valence-electron chi connectivity index (χ1n) is 6.45. The van der Waals surface area contributed by atoms with E-state index in [-0.39, 0.29) is 11.9 Å². The van der Waals surface area contributed by atoms with E-state index in [1.165, 1.54) is 0 Å². The topological polar surface area (TPSA) is 73.9 Å². The van der Waals surface area contributed by atoms with Crippen molar-refractivity contribution in [2.45, 2.75) is 25.4 Å². The van der Waals surface area contributed by atoms with E-state index in [1.807, 2.05) is 44.4 Å². The van der Waals surface area contributed by atoms with Crippen molar-refractivity contribution < 1.29 is 5.21 Å². The third kappa shape index (κ3) is 5.72. The Kier molecular flexibility index (Phi) is 6.32. The van der Waals surface area contributed by atoms with Crippen LogP contribution in [-0.2, 0) is 0 Å². The monoisotopic (exact) mass is 264 g/mol. The number of nitrogens with two attached hydrogens (primary N) is 1. The highest BCUT2D eigenvalue weighted by atomic mass is 16.4. The van der Waals surface area contributed by atoms with Gasteiger partial charge in [0.25, 0.3) is 0 Å². The lowest BCUT2D eigenvalue weighted by Gasteiger charge is -2.25. The van der Waals surface area contributed by atoms with E-state index in [1.54, 1.807) is 0 Å². The van der Waals surface area contributed by atoms with Gasteiger partial charge in [-0.2, -0.15) is 0 Å². The first kappa shape index (κ1) is 15.5. The van der Waals surface area contributed by atoms with Crippen LogP contribution in [0.3, 0.4) is 0 Å². The molecule has 0 aliphatic rings. The van der Waals surface area contributed by atoms with Gasteiger partial charge < -0.3 is 21.2 Å². The van der Waals surface area contributed by atoms with Crippen molar-refractivity contribution in [3.63, 3.8) is 0 Å². The van der Waals surface area contributed by atoms with E-state index in [0.717, 1.165) is 12.1 Å². The average molecular weight is 264 g/mol. The van der Waals surface area contributed by atoms with E-state index < -0.39 is 0 Å². The molecular formula is C14H24N4O. The van der Waals surface area contributed by atoms with Gasteiger partial charge in [-0.15, -0.1) is 0 Å². The predicted molar refractivity (Wildman–Crippen MR) is 78.4 cm³/mol. The Morgan fingerprint density at radius 3 is 2.53 bits per heavy atom. The van der Waals surface area contributed by atoms with Gasteiger partial charge in [0.1, 0.15) is 5.84 Å². The maximum absolute atomic E-state index is 8.74. The predicted octanol–water partition coefficient (Wildman–Crippen LogP) is 1.40. The summed E-state index contributed by atoms with van der Waals surface area (Å²) in [6.07, 6.45) is 0.484. The fourth-order valence-corrected chi connectivity index (χ4v) is 2.15. The highest BCUT2D eigenvalue weighted by Gasteiger charge is 2.16. The lowest BCUT2D eigenvalue weighted by molar-refractivity contribution is 0.311. The molecule has 0 spiro atoms. The van der Waals surface area contributed by atoms with Crippen LogP contribution in [0.5, 0.6) is 0 Å². The van der Waals surface area contributed by atoms with Crippen molar-refractivity contribution in [1.82, 2.24) is 10.2 Å². The first-order valence-corrected chi connectivity index (χ1v) is 6.45. The summed E-state index contributed by atoms with van der Waals surface area (Å²) in [5.74, 6) is 0.235. The second-order valence-electron chi connectivity index (χ2n) is 5.09. The van der Waals surface area contributed by atoms with Gasteiger partial charge in [0.05, 0.1) is 0 Å². The van der Waals surface area contributed by atoms with Crippen molar-refractivity contribution in [1.29, 1.82) is 0 Å². The molecule has 0 radical (unpaired) electrons. The number of nitrogens with one attached hydrogen (secondary N) is 1. The second-order valence-corrected chi connectivity index (χ2v) is 5.09. The molecule has 4 N–H and O–H groups in total. The molecule has 0 amide bonds. The molecule has 2 atom stereocenters. The smallest absolute Gasteiger partial charge is 0.141 e. The van der Waals surface area contributed by atoms with Crippen LogP contribution in [0, 0.1) is 0 Å². The van der Waals surface area contributed by atoms with Crippen molar-refractivity contribution in [2.24, 2.45) is 10.9 Å². The van der Waals surface area contributed by atoms with Gasteiger partial charge in [0.2, 0.25) is 0 Å². The van der Waals surface area contributed by atoms with Crippen LogP contribution in [0.15, 0.2) is 35.5 Å². The zero-order valence-electron chi connectivity index (χ0n) is 11.9. The van der Waals surface area contributed by atoms with Crippen LogP contribution in [0.25, 0.3) is 0 Å². The van der Waals surface area contributed by atoms with Crippen LogP contribution in [0.4, 0.5) is 0 Å². The van der Waals surface area contributed by atoms with Crippen molar-refractivity contribution >= 4 is 5.84 Å². The van der Waals surface area contributed by atoms with Crippen LogP contribution in [-0.4, -0.2) is 42.6 Å². The number of hydrogen-bond donors (Lipinski definition) is 3. The van der Waals surface area contributed by atoms with Gasteiger partial charge in [-0.1, -0.05) is 35.5 Å². The molecule has 1 aromatic carbocycles. The van der Waals surface area contributed by atoms with E-state index in [4.69, 9.17) is 10.9 Å². The summed E-state index contributed by atoms with van der Waals surface area (Å²) in [5, 5.41) is 15.3. The molecule has 0 aliphatic carbocycles. The maximum atomic E-state index is 8.74. The highest BCUT2D eigenvalue weighted by Crippen LogP contribution is 2.17. The molecule has 0 aromatic heterocycles. The Balaban J connectivity index is 2.75. The Labute approximate surface area is 115 Å². The molecule has 0 heterocycles. The number of hydrogen-bond acceptors (Lipinski definition) is 4. The molecule has 0 saturated heterocycles. The van der Waals surface area contributed by atoms with E-state index in [0.29, 0.717) is 12.5 Å². The maximum Gasteiger partial charge on any atom is 0.141 e. The molecule has 5 nitrogen and oxygen atoms in total. The van der Waals surface area contributed by atoms with Crippen LogP contribution in [0.1, 0.15) is 24.9 Å². The van der Waals surface area contributed by atoms with Crippen molar-refractivity contribution in [2.75, 3.05) is 20.6 Å². The third-order valence-corrected chi connectivity index (χ3v) is 2.87. The van der Waals surface area contributed by atoms with Gasteiger partial charge in [0, 0.05) is 25.0 Å². The van der Waals surface area contributed by atoms with E-state index in [9.17, 15) is 0 Å². The molecule has 19 heavy (non-hydrogen) atoms. The molecular weight excluding hydrogens is 240 g/mol. The number of likely N-dealkylation sites (N-methyl/N-ethyl adjacent to an activating group) is 1. The average Bonchev–Trinajstić information content (AvgIpc) is 2.37. The Bertz CT molecular complexity index is 392.